The Morgan fingerprint density at radius 1 is 1.11 bits per heavy atom. The number of amides is 1. The van der Waals surface area contributed by atoms with Crippen molar-refractivity contribution in [1.29, 1.82) is 0 Å². The maximum atomic E-state index is 15.4. The monoisotopic (exact) mass is 797 g/mol. The number of anilines is 1. The third-order valence-electron chi connectivity index (χ3n) is 8.78. The number of alkyl halides is 4. The molecule has 1 aliphatic rings. The zero-order valence-electron chi connectivity index (χ0n) is 30.1. The minimum absolute atomic E-state index is 0.00732. The fraction of sp³-hybridized carbons (Fsp3) is 0.316. The molecule has 0 radical (unpaired) electrons. The van der Waals surface area contributed by atoms with Gasteiger partial charge in [0, 0.05) is 17.2 Å². The van der Waals surface area contributed by atoms with E-state index in [0.29, 0.717) is 27.8 Å². The second-order valence-electron chi connectivity index (χ2n) is 13.8. The quantitative estimate of drug-likeness (QED) is 0.123. The van der Waals surface area contributed by atoms with E-state index < -0.39 is 87.4 Å². The number of terminal acetylenes is 1. The predicted octanol–water partition coefficient (Wildman–Crippen LogP) is 5.61. The normalized spacial score (nSPS) is 15.6. The van der Waals surface area contributed by atoms with Crippen LogP contribution in [0.4, 0.5) is 32.2 Å². The molecule has 6 rings (SSSR count). The zero-order valence-corrected chi connectivity index (χ0v) is 31.0. The lowest BCUT2D eigenvalue weighted by Gasteiger charge is -2.23. The number of sulfonamides is 1. The van der Waals surface area contributed by atoms with Crippen molar-refractivity contribution in [3.05, 3.63) is 99.9 Å². The number of pyridine rings is 2. The number of carbonyl (C=O) groups excluding carboxylic acids is 1. The molecule has 4 aromatic heterocycles. The maximum Gasteiger partial charge on any atom is 0.303 e. The molecule has 0 saturated carbocycles. The van der Waals surface area contributed by atoms with Gasteiger partial charge in [0.2, 0.25) is 15.9 Å². The van der Waals surface area contributed by atoms with Crippen LogP contribution in [0.2, 0.25) is 0 Å². The molecule has 2 atom stereocenters. The van der Waals surface area contributed by atoms with E-state index in [1.807, 2.05) is 5.92 Å². The molecule has 0 fully saturated rings. The summed E-state index contributed by atoms with van der Waals surface area (Å²) in [5.74, 6) is -0.806. The number of aryl methyl sites for hydroxylation is 1. The number of rotatable bonds is 10. The number of carbonyl (C=O) groups is 1. The van der Waals surface area contributed by atoms with Crippen LogP contribution in [0, 0.1) is 48.7 Å². The van der Waals surface area contributed by atoms with Gasteiger partial charge in [-0.05, 0) is 81.5 Å². The van der Waals surface area contributed by atoms with E-state index in [4.69, 9.17) is 6.42 Å². The Hall–Kier alpha value is -5.85. The Balaban J connectivity index is 1.52. The number of nitrogens with zero attached hydrogens (tertiary/aromatic N) is 5. The van der Waals surface area contributed by atoms with Crippen LogP contribution < -0.4 is 10.0 Å². The molecule has 11 nitrogen and oxygen atoms in total. The molecule has 0 aliphatic heterocycles. The van der Waals surface area contributed by atoms with Crippen LogP contribution in [-0.4, -0.2) is 55.4 Å². The summed E-state index contributed by atoms with van der Waals surface area (Å²) in [5, 5.41) is 16.6. The highest BCUT2D eigenvalue weighted by Crippen LogP contribution is 2.48. The van der Waals surface area contributed by atoms with Gasteiger partial charge in [0.25, 0.3) is 6.43 Å². The average molecular weight is 798 g/mol. The van der Waals surface area contributed by atoms with Crippen LogP contribution in [0.5, 0.6) is 0 Å². The highest BCUT2D eigenvalue weighted by atomic mass is 32.2. The summed E-state index contributed by atoms with van der Waals surface area (Å²) >= 11 is 0. The summed E-state index contributed by atoms with van der Waals surface area (Å²) in [5.41, 5.74) is -2.67. The van der Waals surface area contributed by atoms with Crippen molar-refractivity contribution in [2.24, 2.45) is 5.92 Å². The Morgan fingerprint density at radius 3 is 2.43 bits per heavy atom. The van der Waals surface area contributed by atoms with Crippen molar-refractivity contribution < 1.29 is 44.7 Å². The fourth-order valence-corrected chi connectivity index (χ4v) is 7.12. The van der Waals surface area contributed by atoms with Crippen LogP contribution in [0.15, 0.2) is 48.5 Å². The number of aromatic nitrogens is 5. The predicted molar refractivity (Wildman–Crippen MR) is 193 cm³/mol. The minimum Gasteiger partial charge on any atom is -0.378 e. The van der Waals surface area contributed by atoms with Gasteiger partial charge < -0.3 is 10.4 Å². The van der Waals surface area contributed by atoms with Crippen molar-refractivity contribution in [2.75, 3.05) is 11.0 Å². The molecule has 3 N–H and O–H groups in total. The lowest BCUT2D eigenvalue weighted by atomic mass is 9.96. The molecule has 1 aliphatic carbocycles. The summed E-state index contributed by atoms with van der Waals surface area (Å²) in [6, 6.07) is 9.24. The van der Waals surface area contributed by atoms with Gasteiger partial charge in [-0.3, -0.25) is 18.6 Å². The molecule has 0 saturated heterocycles. The standard InChI is InChI=1S/C38H33F6N7O4S/c1-6-22-17-27-33(35(41)42)48-50(34(27)38(22,43)44)19-31(52)47-28(16-21-14-23(39)18-24(40)15-21)32-26(11-10-25(46-32)12-13-37(3,4)53)29-8-7-9-30-36(49-56(5,54)55)45-20(2)51(29)30/h1,7-11,14-15,18,22,28,35,49,53H,16-17,19H2,2-5H3,(H,47,52). The number of halogens is 6. The molecule has 1 aromatic carbocycles. The van der Waals surface area contributed by atoms with Crippen molar-refractivity contribution in [2.45, 2.75) is 64.1 Å². The molecule has 292 valence electrons. The first-order chi connectivity index (χ1) is 26.1. The molecule has 0 spiro atoms. The van der Waals surface area contributed by atoms with Crippen molar-refractivity contribution in [3.63, 3.8) is 0 Å². The summed E-state index contributed by atoms with van der Waals surface area (Å²) in [6.07, 6.45) is 2.07. The Kier molecular flexibility index (Phi) is 10.4. The van der Waals surface area contributed by atoms with E-state index in [1.165, 1.54) is 19.9 Å². The van der Waals surface area contributed by atoms with Crippen LogP contribution in [0.3, 0.4) is 0 Å². The number of hydrogen-bond donors (Lipinski definition) is 3. The molecule has 18 heteroatoms. The van der Waals surface area contributed by atoms with Gasteiger partial charge in [-0.25, -0.2) is 35.9 Å². The number of aliphatic hydroxyl groups is 1. The highest BCUT2D eigenvalue weighted by Gasteiger charge is 2.53. The lowest BCUT2D eigenvalue weighted by molar-refractivity contribution is -0.123. The number of hydrogen-bond acceptors (Lipinski definition) is 7. The largest absolute Gasteiger partial charge is 0.378 e. The van der Waals surface area contributed by atoms with Gasteiger partial charge >= 0.3 is 5.92 Å². The van der Waals surface area contributed by atoms with Crippen LogP contribution in [0.25, 0.3) is 16.8 Å². The highest BCUT2D eigenvalue weighted by molar-refractivity contribution is 7.92. The summed E-state index contributed by atoms with van der Waals surface area (Å²) in [6.45, 7) is 3.48. The van der Waals surface area contributed by atoms with Gasteiger partial charge in [-0.1, -0.05) is 17.9 Å². The van der Waals surface area contributed by atoms with E-state index in [-0.39, 0.29) is 34.8 Å². The van der Waals surface area contributed by atoms with Crippen molar-refractivity contribution in [3.8, 4) is 35.4 Å². The molecule has 1 amide bonds. The Bertz CT molecular complexity index is 2580. The van der Waals surface area contributed by atoms with Crippen molar-refractivity contribution in [1.82, 2.24) is 29.5 Å². The molecular weight excluding hydrogens is 765 g/mol. The minimum atomic E-state index is -3.79. The van der Waals surface area contributed by atoms with Gasteiger partial charge in [0.1, 0.15) is 46.7 Å². The average Bonchev–Trinajstić information content (AvgIpc) is 3.70. The van der Waals surface area contributed by atoms with Gasteiger partial charge in [-0.2, -0.15) is 13.9 Å². The topological polar surface area (TPSA) is 144 Å². The van der Waals surface area contributed by atoms with Gasteiger partial charge in [0.15, 0.2) is 5.82 Å². The Labute approximate surface area is 317 Å². The lowest BCUT2D eigenvalue weighted by Crippen LogP contribution is -2.35. The SMILES string of the molecule is C#CC1Cc2c(C(F)F)nn(CC(=O)NC(Cc3cc(F)cc(F)c3)c3nc(C#CC(C)(C)O)ccc3-c3cccc4c(NS(C)(=O)=O)nc(C)n34)c2C1(F)F. The van der Waals surface area contributed by atoms with Gasteiger partial charge in [-0.15, -0.1) is 6.42 Å². The van der Waals surface area contributed by atoms with Crippen LogP contribution in [-0.2, 0) is 40.1 Å². The third-order valence-corrected chi connectivity index (χ3v) is 9.35. The summed E-state index contributed by atoms with van der Waals surface area (Å²) < 4.78 is 117. The zero-order chi connectivity index (χ0) is 40.9. The second kappa shape index (κ2) is 14.7. The van der Waals surface area contributed by atoms with Crippen LogP contribution >= 0.6 is 0 Å². The molecule has 4 heterocycles. The van der Waals surface area contributed by atoms with E-state index in [9.17, 15) is 35.9 Å². The first-order valence-corrected chi connectivity index (χ1v) is 18.7. The Morgan fingerprint density at radius 2 is 1.80 bits per heavy atom. The van der Waals surface area contributed by atoms with E-state index in [1.54, 1.807) is 35.6 Å². The van der Waals surface area contributed by atoms with E-state index in [2.05, 4.69) is 36.9 Å². The van der Waals surface area contributed by atoms with Crippen molar-refractivity contribution >= 4 is 27.3 Å². The van der Waals surface area contributed by atoms with Gasteiger partial charge in [0.05, 0.1) is 35.1 Å². The number of fused-ring (bicyclic) bond motifs is 2. The van der Waals surface area contributed by atoms with E-state index in [0.717, 1.165) is 18.4 Å². The summed E-state index contributed by atoms with van der Waals surface area (Å²) in [7, 11) is -3.77. The van der Waals surface area contributed by atoms with Crippen LogP contribution in [0.1, 0.15) is 66.0 Å². The third kappa shape index (κ3) is 8.22. The maximum absolute atomic E-state index is 15.4. The first-order valence-electron chi connectivity index (χ1n) is 16.8. The number of nitrogens with one attached hydrogen (secondary N) is 2. The fourth-order valence-electron chi connectivity index (χ4n) is 6.62. The second-order valence-corrected chi connectivity index (χ2v) is 15.5. The molecule has 56 heavy (non-hydrogen) atoms. The number of benzene rings is 1. The summed E-state index contributed by atoms with van der Waals surface area (Å²) in [4.78, 5) is 23.0. The van der Waals surface area contributed by atoms with E-state index >= 15 is 8.78 Å². The smallest absolute Gasteiger partial charge is 0.303 e. The molecular formula is C38H33F6N7O4S. The molecule has 5 aromatic rings. The first kappa shape index (κ1) is 39.8. The molecule has 0 bridgehead atoms. The number of imidazole rings is 1. The molecule has 2 unspecified atom stereocenters.